The summed E-state index contributed by atoms with van der Waals surface area (Å²) in [6.07, 6.45) is 2.14. The van der Waals surface area contributed by atoms with Crippen molar-refractivity contribution >= 4 is 22.8 Å². The molecule has 1 aromatic heterocycles. The van der Waals surface area contributed by atoms with Crippen LogP contribution in [0.2, 0.25) is 0 Å². The van der Waals surface area contributed by atoms with Crippen LogP contribution in [0.4, 0.5) is 0 Å². The second kappa shape index (κ2) is 9.90. The lowest BCUT2D eigenvalue weighted by atomic mass is 9.82. The molecule has 1 aliphatic carbocycles. The largest absolute Gasteiger partial charge is 0.481 e. The Bertz CT molecular complexity index is 1190. The molecular formula is C26H27NO6. The van der Waals surface area contributed by atoms with Gasteiger partial charge in [0.05, 0.1) is 5.92 Å². The number of nitrogens with one attached hydrogen (secondary N) is 1. The summed E-state index contributed by atoms with van der Waals surface area (Å²) in [5, 5.41) is 12.8. The summed E-state index contributed by atoms with van der Waals surface area (Å²) in [5.41, 5.74) is 1.62. The van der Waals surface area contributed by atoms with E-state index in [1.165, 1.54) is 6.07 Å². The van der Waals surface area contributed by atoms with Crippen LogP contribution < -0.4 is 15.7 Å². The van der Waals surface area contributed by atoms with Crippen molar-refractivity contribution in [3.63, 3.8) is 0 Å². The second-order valence-corrected chi connectivity index (χ2v) is 8.56. The summed E-state index contributed by atoms with van der Waals surface area (Å²) in [4.78, 5) is 35.7. The van der Waals surface area contributed by atoms with E-state index >= 15 is 0 Å². The van der Waals surface area contributed by atoms with Gasteiger partial charge in [-0.3, -0.25) is 9.59 Å². The molecule has 0 saturated heterocycles. The van der Waals surface area contributed by atoms with E-state index < -0.39 is 17.7 Å². The Balaban J connectivity index is 1.40. The lowest BCUT2D eigenvalue weighted by molar-refractivity contribution is -0.143. The van der Waals surface area contributed by atoms with Crippen molar-refractivity contribution in [1.82, 2.24) is 5.32 Å². The van der Waals surface area contributed by atoms with Crippen molar-refractivity contribution in [2.24, 2.45) is 11.8 Å². The third kappa shape index (κ3) is 5.42. The lowest BCUT2D eigenvalue weighted by Gasteiger charge is -2.26. The number of amides is 1. The molecule has 1 aliphatic rings. The molecular weight excluding hydrogens is 422 g/mol. The van der Waals surface area contributed by atoms with Crippen LogP contribution in [0.5, 0.6) is 5.75 Å². The molecule has 172 valence electrons. The Morgan fingerprint density at radius 3 is 2.52 bits per heavy atom. The molecule has 1 saturated carbocycles. The number of rotatable bonds is 7. The van der Waals surface area contributed by atoms with Gasteiger partial charge in [0.15, 0.2) is 6.10 Å². The summed E-state index contributed by atoms with van der Waals surface area (Å²) in [6.45, 7) is 2.17. The van der Waals surface area contributed by atoms with E-state index in [-0.39, 0.29) is 17.7 Å². The Labute approximate surface area is 191 Å². The van der Waals surface area contributed by atoms with E-state index in [2.05, 4.69) is 5.32 Å². The first-order chi connectivity index (χ1) is 15.9. The number of fused-ring (bicyclic) bond motifs is 1. The molecule has 2 aromatic carbocycles. The molecule has 0 bridgehead atoms. The zero-order chi connectivity index (χ0) is 23.4. The van der Waals surface area contributed by atoms with E-state index in [1.54, 1.807) is 19.1 Å². The molecule has 4 rings (SSSR count). The van der Waals surface area contributed by atoms with Crippen LogP contribution in [0, 0.1) is 11.8 Å². The second-order valence-electron chi connectivity index (χ2n) is 8.56. The maximum Gasteiger partial charge on any atom is 0.336 e. The SMILES string of the molecule is C[C@@H](Oc1ccc2c(-c3ccccc3)cc(=O)oc2c1)C(=O)NCC1CCC(C(=O)O)CC1. The average Bonchev–Trinajstić information content (AvgIpc) is 2.82. The van der Waals surface area contributed by atoms with Gasteiger partial charge < -0.3 is 19.6 Å². The topological polar surface area (TPSA) is 106 Å². The molecule has 7 nitrogen and oxygen atoms in total. The summed E-state index contributed by atoms with van der Waals surface area (Å²) in [5.74, 6) is -0.533. The van der Waals surface area contributed by atoms with E-state index in [4.69, 9.17) is 14.3 Å². The third-order valence-electron chi connectivity index (χ3n) is 6.24. The minimum atomic E-state index is -0.735. The molecule has 1 amide bonds. The van der Waals surface area contributed by atoms with Crippen LogP contribution in [0.1, 0.15) is 32.6 Å². The molecule has 2 N–H and O–H groups in total. The number of carboxylic acids is 1. The number of aliphatic carboxylic acids is 1. The minimum Gasteiger partial charge on any atom is -0.481 e. The normalized spacial score (nSPS) is 19.1. The predicted molar refractivity (Wildman–Crippen MR) is 124 cm³/mol. The van der Waals surface area contributed by atoms with Gasteiger partial charge in [0.25, 0.3) is 5.91 Å². The van der Waals surface area contributed by atoms with E-state index in [0.717, 1.165) is 29.4 Å². The molecule has 3 aromatic rings. The van der Waals surface area contributed by atoms with Crippen molar-refractivity contribution < 1.29 is 23.8 Å². The number of hydrogen-bond acceptors (Lipinski definition) is 5. The third-order valence-corrected chi connectivity index (χ3v) is 6.24. The predicted octanol–water partition coefficient (Wildman–Crippen LogP) is 4.23. The van der Waals surface area contributed by atoms with E-state index in [9.17, 15) is 14.4 Å². The van der Waals surface area contributed by atoms with E-state index in [1.807, 2.05) is 36.4 Å². The number of carbonyl (C=O) groups excluding carboxylic acids is 1. The molecule has 7 heteroatoms. The first-order valence-electron chi connectivity index (χ1n) is 11.2. The van der Waals surface area contributed by atoms with Gasteiger partial charge in [0, 0.05) is 24.1 Å². The molecule has 0 radical (unpaired) electrons. The Morgan fingerprint density at radius 1 is 1.09 bits per heavy atom. The first kappa shape index (κ1) is 22.6. The van der Waals surface area contributed by atoms with Gasteiger partial charge in [0.2, 0.25) is 0 Å². The van der Waals surface area contributed by atoms with Gasteiger partial charge in [-0.05, 0) is 61.8 Å². The minimum absolute atomic E-state index is 0.241. The quantitative estimate of drug-likeness (QED) is 0.523. The zero-order valence-electron chi connectivity index (χ0n) is 18.5. The van der Waals surface area contributed by atoms with Crippen molar-refractivity contribution in [3.8, 4) is 16.9 Å². The van der Waals surface area contributed by atoms with Gasteiger partial charge in [-0.15, -0.1) is 0 Å². The number of carboxylic acid groups (broad SMARTS) is 1. The van der Waals surface area contributed by atoms with Gasteiger partial charge in [-0.1, -0.05) is 30.3 Å². The number of carbonyl (C=O) groups is 2. The maximum absolute atomic E-state index is 12.5. The summed E-state index contributed by atoms with van der Waals surface area (Å²) >= 11 is 0. The van der Waals surface area contributed by atoms with Crippen LogP contribution >= 0.6 is 0 Å². The molecule has 1 atom stereocenters. The maximum atomic E-state index is 12.5. The Hall–Kier alpha value is -3.61. The molecule has 0 unspecified atom stereocenters. The van der Waals surface area contributed by atoms with Crippen molar-refractivity contribution in [2.75, 3.05) is 6.54 Å². The number of hydrogen-bond donors (Lipinski definition) is 2. The van der Waals surface area contributed by atoms with Crippen LogP contribution in [0.3, 0.4) is 0 Å². The molecule has 33 heavy (non-hydrogen) atoms. The number of ether oxygens (including phenoxy) is 1. The monoisotopic (exact) mass is 449 g/mol. The van der Waals surface area contributed by atoms with E-state index in [0.29, 0.717) is 30.7 Å². The van der Waals surface area contributed by atoms with Crippen LogP contribution in [-0.2, 0) is 9.59 Å². The zero-order valence-corrected chi connectivity index (χ0v) is 18.5. The van der Waals surface area contributed by atoms with Gasteiger partial charge in [-0.25, -0.2) is 4.79 Å². The highest BCUT2D eigenvalue weighted by Crippen LogP contribution is 2.30. The van der Waals surface area contributed by atoms with Gasteiger partial charge in [0.1, 0.15) is 11.3 Å². The molecule has 0 aliphatic heterocycles. The van der Waals surface area contributed by atoms with Crippen molar-refractivity contribution in [2.45, 2.75) is 38.7 Å². The summed E-state index contributed by atoms with van der Waals surface area (Å²) in [7, 11) is 0. The van der Waals surface area contributed by atoms with Crippen LogP contribution in [-0.4, -0.2) is 29.6 Å². The summed E-state index contributed by atoms with van der Waals surface area (Å²) in [6, 6.07) is 16.3. The number of benzene rings is 2. The highest BCUT2D eigenvalue weighted by atomic mass is 16.5. The van der Waals surface area contributed by atoms with Crippen LogP contribution in [0.15, 0.2) is 63.8 Å². The smallest absolute Gasteiger partial charge is 0.336 e. The highest BCUT2D eigenvalue weighted by molar-refractivity contribution is 5.93. The fraction of sp³-hybridized carbons (Fsp3) is 0.346. The molecule has 0 spiro atoms. The molecule has 1 fully saturated rings. The highest BCUT2D eigenvalue weighted by Gasteiger charge is 2.26. The Morgan fingerprint density at radius 2 is 1.82 bits per heavy atom. The fourth-order valence-corrected chi connectivity index (χ4v) is 4.33. The van der Waals surface area contributed by atoms with Gasteiger partial charge >= 0.3 is 11.6 Å². The van der Waals surface area contributed by atoms with Gasteiger partial charge in [-0.2, -0.15) is 0 Å². The standard InChI is InChI=1S/C26H27NO6/c1-16(25(29)27-15-17-7-9-19(10-8-17)26(30)31)32-20-11-12-21-22(18-5-3-2-4-6-18)14-24(28)33-23(21)13-20/h2-6,11-14,16-17,19H,7-10,15H2,1H3,(H,27,29)(H,30,31)/t16-,17?,19?/m1/s1. The van der Waals surface area contributed by atoms with Crippen molar-refractivity contribution in [1.29, 1.82) is 0 Å². The molecule has 1 heterocycles. The fourth-order valence-electron chi connectivity index (χ4n) is 4.33. The van der Waals surface area contributed by atoms with Crippen LogP contribution in [0.25, 0.3) is 22.1 Å². The lowest BCUT2D eigenvalue weighted by Crippen LogP contribution is -2.39. The summed E-state index contributed by atoms with van der Waals surface area (Å²) < 4.78 is 11.2. The average molecular weight is 450 g/mol. The Kier molecular flexibility index (Phi) is 6.77. The first-order valence-corrected chi connectivity index (χ1v) is 11.2. The van der Waals surface area contributed by atoms with Crippen molar-refractivity contribution in [3.05, 3.63) is 65.0 Å².